The van der Waals surface area contributed by atoms with Gasteiger partial charge in [0, 0.05) is 6.08 Å². The Labute approximate surface area is 89.4 Å². The fraction of sp³-hybridized carbons (Fsp3) is 0.333. The number of aliphatic hydroxyl groups is 1. The van der Waals surface area contributed by atoms with Crippen LogP contribution in [0.2, 0.25) is 0 Å². The fourth-order valence-electron chi connectivity index (χ4n) is 1.57. The van der Waals surface area contributed by atoms with Crippen LogP contribution in [-0.4, -0.2) is 17.9 Å². The molecular weight excluding hydrogens is 190 g/mol. The molecule has 0 aromatic heterocycles. The molecule has 1 aliphatic rings. The lowest BCUT2D eigenvalue weighted by Crippen LogP contribution is -2.35. The minimum absolute atomic E-state index is 0.222. The van der Waals surface area contributed by atoms with Crippen molar-refractivity contribution >= 4 is 5.76 Å². The van der Waals surface area contributed by atoms with E-state index < -0.39 is 0 Å². The highest BCUT2D eigenvalue weighted by atomic mass is 16.5. The van der Waals surface area contributed by atoms with E-state index in [1.807, 2.05) is 24.3 Å². The smallest absolute Gasteiger partial charge is 0.173 e. The number of fused-ring (bicyclic) bond motifs is 1. The van der Waals surface area contributed by atoms with E-state index in [1.54, 1.807) is 6.08 Å². The van der Waals surface area contributed by atoms with Gasteiger partial charge in [0.1, 0.15) is 11.5 Å². The van der Waals surface area contributed by atoms with Crippen molar-refractivity contribution in [1.29, 1.82) is 0 Å². The van der Waals surface area contributed by atoms with Crippen LogP contribution in [0.15, 0.2) is 30.3 Å². The Bertz CT molecular complexity index is 374. The van der Waals surface area contributed by atoms with E-state index in [2.05, 4.69) is 12.2 Å². The Balaban J connectivity index is 2.17. The molecule has 1 atom stereocenters. The van der Waals surface area contributed by atoms with Crippen molar-refractivity contribution in [2.75, 3.05) is 6.54 Å². The highest BCUT2D eigenvalue weighted by Gasteiger charge is 2.18. The molecule has 0 fully saturated rings. The molecule has 1 unspecified atom stereocenters. The maximum Gasteiger partial charge on any atom is 0.173 e. The average molecular weight is 205 g/mol. The Kier molecular flexibility index (Phi) is 2.92. The van der Waals surface area contributed by atoms with Gasteiger partial charge in [0.2, 0.25) is 0 Å². The average Bonchev–Trinajstić information content (AvgIpc) is 2.26. The van der Waals surface area contributed by atoms with Gasteiger partial charge in [-0.15, -0.1) is 0 Å². The summed E-state index contributed by atoms with van der Waals surface area (Å²) < 4.78 is 5.66. The van der Waals surface area contributed by atoms with Crippen LogP contribution in [0.3, 0.4) is 0 Å². The lowest BCUT2D eigenvalue weighted by molar-refractivity contribution is 0.202. The summed E-state index contributed by atoms with van der Waals surface area (Å²) in [6, 6.07) is 7.48. The molecular formula is C12H15NO2. The summed E-state index contributed by atoms with van der Waals surface area (Å²) in [5.74, 6) is 1.01. The summed E-state index contributed by atoms with van der Waals surface area (Å²) in [6.07, 6.45) is 2.51. The van der Waals surface area contributed by atoms with Crippen LogP contribution in [-0.2, 0) is 0 Å². The number of hydrogen-bond acceptors (Lipinski definition) is 3. The molecule has 0 bridgehead atoms. The summed E-state index contributed by atoms with van der Waals surface area (Å²) in [4.78, 5) is 0. The van der Waals surface area contributed by atoms with Crippen molar-refractivity contribution in [2.24, 2.45) is 0 Å². The minimum Gasteiger partial charge on any atom is -0.507 e. The van der Waals surface area contributed by atoms with Gasteiger partial charge in [-0.2, -0.15) is 0 Å². The number of benzene rings is 1. The third-order valence-electron chi connectivity index (χ3n) is 2.32. The third kappa shape index (κ3) is 2.13. The van der Waals surface area contributed by atoms with Gasteiger partial charge in [-0.05, 0) is 25.1 Å². The van der Waals surface area contributed by atoms with Gasteiger partial charge in [0.15, 0.2) is 6.23 Å². The highest BCUT2D eigenvalue weighted by molar-refractivity contribution is 5.66. The number of para-hydroxylation sites is 1. The van der Waals surface area contributed by atoms with Crippen molar-refractivity contribution in [1.82, 2.24) is 5.32 Å². The standard InChI is InChI=1S/C12H15NO2/c1-2-7-13-12-8-10(14)9-5-3-4-6-11(9)15-12/h3-6,8,12-14H,2,7H2,1H3. The second-order valence-corrected chi connectivity index (χ2v) is 3.54. The van der Waals surface area contributed by atoms with Gasteiger partial charge in [0.05, 0.1) is 5.56 Å². The van der Waals surface area contributed by atoms with E-state index in [4.69, 9.17) is 4.74 Å². The summed E-state index contributed by atoms with van der Waals surface area (Å²) >= 11 is 0. The van der Waals surface area contributed by atoms with Gasteiger partial charge in [-0.1, -0.05) is 19.1 Å². The lowest BCUT2D eigenvalue weighted by atomic mass is 10.1. The Morgan fingerprint density at radius 3 is 3.00 bits per heavy atom. The zero-order valence-electron chi connectivity index (χ0n) is 8.73. The Morgan fingerprint density at radius 1 is 1.40 bits per heavy atom. The molecule has 3 nitrogen and oxygen atoms in total. The summed E-state index contributed by atoms with van der Waals surface area (Å²) in [5, 5.41) is 13.0. The van der Waals surface area contributed by atoms with Gasteiger partial charge in [0.25, 0.3) is 0 Å². The molecule has 0 aliphatic carbocycles. The van der Waals surface area contributed by atoms with Crippen LogP contribution in [0.4, 0.5) is 0 Å². The number of aliphatic hydroxyl groups excluding tert-OH is 1. The molecule has 0 spiro atoms. The fourth-order valence-corrected chi connectivity index (χ4v) is 1.57. The molecule has 0 amide bonds. The number of ether oxygens (including phenoxy) is 1. The van der Waals surface area contributed by atoms with Crippen LogP contribution in [0.1, 0.15) is 18.9 Å². The molecule has 0 saturated carbocycles. The van der Waals surface area contributed by atoms with Crippen LogP contribution >= 0.6 is 0 Å². The predicted octanol–water partition coefficient (Wildman–Crippen LogP) is 2.30. The summed E-state index contributed by atoms with van der Waals surface area (Å²) in [7, 11) is 0. The van der Waals surface area contributed by atoms with Gasteiger partial charge >= 0.3 is 0 Å². The van der Waals surface area contributed by atoms with Crippen LogP contribution in [0.5, 0.6) is 5.75 Å². The van der Waals surface area contributed by atoms with Crippen LogP contribution in [0.25, 0.3) is 5.76 Å². The van der Waals surface area contributed by atoms with Crippen molar-refractivity contribution < 1.29 is 9.84 Å². The molecule has 0 radical (unpaired) electrons. The molecule has 80 valence electrons. The second kappa shape index (κ2) is 4.36. The zero-order valence-corrected chi connectivity index (χ0v) is 8.73. The molecule has 1 aliphatic heterocycles. The molecule has 3 heteroatoms. The van der Waals surface area contributed by atoms with E-state index in [1.165, 1.54) is 0 Å². The zero-order chi connectivity index (χ0) is 10.7. The summed E-state index contributed by atoms with van der Waals surface area (Å²) in [6.45, 7) is 2.96. The van der Waals surface area contributed by atoms with Crippen LogP contribution in [0, 0.1) is 0 Å². The van der Waals surface area contributed by atoms with Gasteiger partial charge in [-0.25, -0.2) is 0 Å². The minimum atomic E-state index is -0.222. The largest absolute Gasteiger partial charge is 0.507 e. The normalized spacial score (nSPS) is 19.0. The second-order valence-electron chi connectivity index (χ2n) is 3.54. The maximum atomic E-state index is 9.77. The number of nitrogens with one attached hydrogen (secondary N) is 1. The summed E-state index contributed by atoms with van der Waals surface area (Å²) in [5.41, 5.74) is 0.757. The van der Waals surface area contributed by atoms with Crippen molar-refractivity contribution in [3.05, 3.63) is 35.9 Å². The van der Waals surface area contributed by atoms with E-state index >= 15 is 0 Å². The molecule has 2 N–H and O–H groups in total. The number of rotatable bonds is 3. The van der Waals surface area contributed by atoms with Crippen LogP contribution < -0.4 is 10.1 Å². The first-order chi connectivity index (χ1) is 7.31. The highest BCUT2D eigenvalue weighted by Crippen LogP contribution is 2.29. The first-order valence-electron chi connectivity index (χ1n) is 5.21. The van der Waals surface area contributed by atoms with E-state index in [-0.39, 0.29) is 12.0 Å². The van der Waals surface area contributed by atoms with Gasteiger partial charge in [-0.3, -0.25) is 5.32 Å². The molecule has 1 aromatic carbocycles. The molecule has 1 heterocycles. The van der Waals surface area contributed by atoms with Crippen molar-refractivity contribution in [2.45, 2.75) is 19.6 Å². The first-order valence-corrected chi connectivity index (χ1v) is 5.21. The Morgan fingerprint density at radius 2 is 2.20 bits per heavy atom. The third-order valence-corrected chi connectivity index (χ3v) is 2.32. The van der Waals surface area contributed by atoms with E-state index in [0.717, 1.165) is 24.3 Å². The van der Waals surface area contributed by atoms with E-state index in [9.17, 15) is 5.11 Å². The Hall–Kier alpha value is -1.48. The lowest BCUT2D eigenvalue weighted by Gasteiger charge is -2.23. The topological polar surface area (TPSA) is 41.5 Å². The first kappa shape index (κ1) is 10.1. The number of hydrogen-bond donors (Lipinski definition) is 2. The van der Waals surface area contributed by atoms with Crippen molar-refractivity contribution in [3.63, 3.8) is 0 Å². The quantitative estimate of drug-likeness (QED) is 0.795. The molecule has 2 rings (SSSR count). The SMILES string of the molecule is CCCNC1C=C(O)c2ccccc2O1. The van der Waals surface area contributed by atoms with Crippen molar-refractivity contribution in [3.8, 4) is 5.75 Å². The molecule has 15 heavy (non-hydrogen) atoms. The maximum absolute atomic E-state index is 9.77. The predicted molar refractivity (Wildman–Crippen MR) is 59.8 cm³/mol. The molecule has 1 aromatic rings. The van der Waals surface area contributed by atoms with Gasteiger partial charge < -0.3 is 9.84 Å². The van der Waals surface area contributed by atoms with E-state index in [0.29, 0.717) is 0 Å². The molecule has 0 saturated heterocycles. The monoisotopic (exact) mass is 205 g/mol.